The first-order valence-corrected chi connectivity index (χ1v) is 6.46. The van der Waals surface area contributed by atoms with E-state index in [9.17, 15) is 14.7 Å². The van der Waals surface area contributed by atoms with E-state index in [0.717, 1.165) is 12.8 Å². The average Bonchev–Trinajstić information content (AvgIpc) is 2.27. The van der Waals surface area contributed by atoms with Crippen LogP contribution >= 0.6 is 0 Å². The van der Waals surface area contributed by atoms with Crippen molar-refractivity contribution < 1.29 is 24.2 Å². The molecule has 0 saturated carbocycles. The van der Waals surface area contributed by atoms with Crippen LogP contribution in [-0.2, 0) is 14.3 Å². The van der Waals surface area contributed by atoms with Gasteiger partial charge in [0.25, 0.3) is 0 Å². The Morgan fingerprint density at radius 2 is 1.95 bits per heavy atom. The van der Waals surface area contributed by atoms with Crippen molar-refractivity contribution in [1.29, 1.82) is 0 Å². The van der Waals surface area contributed by atoms with Crippen LogP contribution in [0, 0.1) is 0 Å². The number of hydrogen-bond donors (Lipinski definition) is 1. The SMILES string of the molecule is COC[C@]1(C(=O)O)CCCCN1C(=O)OC(C)(C)C. The van der Waals surface area contributed by atoms with E-state index in [1.54, 1.807) is 20.8 Å². The molecule has 110 valence electrons. The molecule has 19 heavy (non-hydrogen) atoms. The third-order valence-corrected chi connectivity index (χ3v) is 3.13. The minimum Gasteiger partial charge on any atom is -0.479 e. The van der Waals surface area contributed by atoms with E-state index in [1.165, 1.54) is 12.0 Å². The van der Waals surface area contributed by atoms with Crippen LogP contribution in [-0.4, -0.2) is 53.5 Å². The molecular weight excluding hydrogens is 250 g/mol. The largest absolute Gasteiger partial charge is 0.479 e. The molecule has 0 radical (unpaired) electrons. The van der Waals surface area contributed by atoms with Crippen LogP contribution in [0.5, 0.6) is 0 Å². The third kappa shape index (κ3) is 3.59. The molecule has 0 aromatic carbocycles. The molecule has 1 N–H and O–H groups in total. The van der Waals surface area contributed by atoms with E-state index < -0.39 is 23.2 Å². The smallest absolute Gasteiger partial charge is 0.411 e. The number of aliphatic carboxylic acids is 1. The third-order valence-electron chi connectivity index (χ3n) is 3.13. The van der Waals surface area contributed by atoms with Gasteiger partial charge in [0.05, 0.1) is 6.61 Å². The molecule has 0 aromatic heterocycles. The Balaban J connectivity index is 2.98. The summed E-state index contributed by atoms with van der Waals surface area (Å²) in [5.41, 5.74) is -1.96. The fourth-order valence-electron chi connectivity index (χ4n) is 2.29. The predicted octanol–water partition coefficient (Wildman–Crippen LogP) is 1.88. The number of methoxy groups -OCH3 is 1. The second-order valence-corrected chi connectivity index (χ2v) is 5.86. The number of carboxylic acids is 1. The molecule has 0 bridgehead atoms. The monoisotopic (exact) mass is 273 g/mol. The van der Waals surface area contributed by atoms with Crippen molar-refractivity contribution >= 4 is 12.1 Å². The van der Waals surface area contributed by atoms with Gasteiger partial charge >= 0.3 is 12.1 Å². The van der Waals surface area contributed by atoms with Crippen LogP contribution in [0.3, 0.4) is 0 Å². The molecule has 1 saturated heterocycles. The quantitative estimate of drug-likeness (QED) is 0.849. The Bertz CT molecular complexity index is 345. The minimum absolute atomic E-state index is 0.0262. The Morgan fingerprint density at radius 1 is 1.32 bits per heavy atom. The molecule has 1 aliphatic rings. The maximum atomic E-state index is 12.2. The summed E-state index contributed by atoms with van der Waals surface area (Å²) < 4.78 is 10.3. The zero-order valence-electron chi connectivity index (χ0n) is 12.1. The van der Waals surface area contributed by atoms with Crippen LogP contribution in [0.1, 0.15) is 40.0 Å². The van der Waals surface area contributed by atoms with Crippen LogP contribution in [0.25, 0.3) is 0 Å². The first-order chi connectivity index (χ1) is 8.73. The number of nitrogens with zero attached hydrogens (tertiary/aromatic N) is 1. The van der Waals surface area contributed by atoms with Crippen molar-refractivity contribution in [1.82, 2.24) is 4.90 Å². The number of likely N-dealkylation sites (tertiary alicyclic amines) is 1. The number of rotatable bonds is 3. The zero-order valence-corrected chi connectivity index (χ0v) is 12.1. The molecule has 1 atom stereocenters. The summed E-state index contributed by atoms with van der Waals surface area (Å²) in [7, 11) is 1.44. The van der Waals surface area contributed by atoms with Gasteiger partial charge < -0.3 is 14.6 Å². The number of piperidine rings is 1. The van der Waals surface area contributed by atoms with Crippen molar-refractivity contribution in [2.75, 3.05) is 20.3 Å². The first-order valence-electron chi connectivity index (χ1n) is 6.46. The number of carbonyl (C=O) groups is 2. The van der Waals surface area contributed by atoms with Gasteiger partial charge in [-0.1, -0.05) is 0 Å². The standard InChI is InChI=1S/C13H23NO5/c1-12(2,3)19-11(17)14-8-6-5-7-13(14,9-18-4)10(15)16/h5-9H2,1-4H3,(H,15,16)/t13-/m0/s1. The molecule has 0 spiro atoms. The molecule has 1 heterocycles. The number of hydrogen-bond acceptors (Lipinski definition) is 4. The second kappa shape index (κ2) is 5.77. The Kier molecular flexibility index (Phi) is 4.79. The topological polar surface area (TPSA) is 76.1 Å². The number of carboxylic acid groups (broad SMARTS) is 1. The highest BCUT2D eigenvalue weighted by molar-refractivity contribution is 5.85. The lowest BCUT2D eigenvalue weighted by atomic mass is 9.87. The van der Waals surface area contributed by atoms with Crippen LogP contribution in [0.4, 0.5) is 4.79 Å². The second-order valence-electron chi connectivity index (χ2n) is 5.86. The van der Waals surface area contributed by atoms with Gasteiger partial charge in [0.15, 0.2) is 5.54 Å². The highest BCUT2D eigenvalue weighted by Crippen LogP contribution is 2.30. The van der Waals surface area contributed by atoms with Crippen molar-refractivity contribution in [3.05, 3.63) is 0 Å². The number of ether oxygens (including phenoxy) is 2. The first kappa shape index (κ1) is 15.8. The average molecular weight is 273 g/mol. The normalized spacial score (nSPS) is 24.1. The summed E-state index contributed by atoms with van der Waals surface area (Å²) in [5.74, 6) is -1.04. The summed E-state index contributed by atoms with van der Waals surface area (Å²) in [5, 5.41) is 9.51. The molecule has 0 unspecified atom stereocenters. The summed E-state index contributed by atoms with van der Waals surface area (Å²) in [4.78, 5) is 25.1. The van der Waals surface area contributed by atoms with Gasteiger partial charge in [-0.2, -0.15) is 0 Å². The van der Waals surface area contributed by atoms with Crippen molar-refractivity contribution in [2.24, 2.45) is 0 Å². The van der Waals surface area contributed by atoms with E-state index in [4.69, 9.17) is 9.47 Å². The van der Waals surface area contributed by atoms with Gasteiger partial charge in [-0.3, -0.25) is 4.90 Å². The van der Waals surface area contributed by atoms with E-state index >= 15 is 0 Å². The van der Waals surface area contributed by atoms with Gasteiger partial charge in [0.1, 0.15) is 5.60 Å². The Labute approximate surface area is 113 Å². The van der Waals surface area contributed by atoms with E-state index in [2.05, 4.69) is 0 Å². The molecule has 0 aromatic rings. The molecule has 0 aliphatic carbocycles. The van der Waals surface area contributed by atoms with E-state index in [0.29, 0.717) is 13.0 Å². The summed E-state index contributed by atoms with van der Waals surface area (Å²) in [6.07, 6.45) is 1.33. The predicted molar refractivity (Wildman–Crippen MR) is 69.0 cm³/mol. The maximum absolute atomic E-state index is 12.2. The van der Waals surface area contributed by atoms with Gasteiger partial charge in [-0.05, 0) is 40.0 Å². The lowest BCUT2D eigenvalue weighted by molar-refractivity contribution is -0.158. The van der Waals surface area contributed by atoms with Crippen molar-refractivity contribution in [3.63, 3.8) is 0 Å². The van der Waals surface area contributed by atoms with Crippen molar-refractivity contribution in [3.8, 4) is 0 Å². The van der Waals surface area contributed by atoms with Crippen LogP contribution in [0.15, 0.2) is 0 Å². The summed E-state index contributed by atoms with van der Waals surface area (Å²) in [6.45, 7) is 5.63. The summed E-state index contributed by atoms with van der Waals surface area (Å²) in [6, 6.07) is 0. The molecule has 1 fully saturated rings. The van der Waals surface area contributed by atoms with Gasteiger partial charge in [0, 0.05) is 13.7 Å². The molecule has 6 nitrogen and oxygen atoms in total. The zero-order chi connectivity index (χ0) is 14.7. The van der Waals surface area contributed by atoms with Crippen molar-refractivity contribution in [2.45, 2.75) is 51.2 Å². The molecule has 6 heteroatoms. The van der Waals surface area contributed by atoms with Gasteiger partial charge in [0.2, 0.25) is 0 Å². The molecule has 1 aliphatic heterocycles. The molecule has 1 rings (SSSR count). The number of carbonyl (C=O) groups excluding carboxylic acids is 1. The van der Waals surface area contributed by atoms with Crippen LogP contribution < -0.4 is 0 Å². The molecular formula is C13H23NO5. The maximum Gasteiger partial charge on any atom is 0.411 e. The highest BCUT2D eigenvalue weighted by atomic mass is 16.6. The minimum atomic E-state index is -1.31. The fourth-order valence-corrected chi connectivity index (χ4v) is 2.29. The highest BCUT2D eigenvalue weighted by Gasteiger charge is 2.49. The Morgan fingerprint density at radius 3 is 2.42 bits per heavy atom. The number of amides is 1. The molecule has 1 amide bonds. The lowest BCUT2D eigenvalue weighted by Gasteiger charge is -2.43. The van der Waals surface area contributed by atoms with Gasteiger partial charge in [-0.25, -0.2) is 9.59 Å². The Hall–Kier alpha value is -1.30. The van der Waals surface area contributed by atoms with E-state index in [1.807, 2.05) is 0 Å². The fraction of sp³-hybridized carbons (Fsp3) is 0.846. The van der Waals surface area contributed by atoms with E-state index in [-0.39, 0.29) is 6.61 Å². The van der Waals surface area contributed by atoms with Gasteiger partial charge in [-0.15, -0.1) is 0 Å². The summed E-state index contributed by atoms with van der Waals surface area (Å²) >= 11 is 0. The lowest BCUT2D eigenvalue weighted by Crippen LogP contribution is -2.62. The van der Waals surface area contributed by atoms with Crippen LogP contribution in [0.2, 0.25) is 0 Å².